The first-order valence-electron chi connectivity index (χ1n) is 5.60. The van der Waals surface area contributed by atoms with E-state index in [1.807, 2.05) is 30.3 Å². The predicted octanol–water partition coefficient (Wildman–Crippen LogP) is 1.19. The quantitative estimate of drug-likeness (QED) is 0.813. The van der Waals surface area contributed by atoms with Gasteiger partial charge in [-0.05, 0) is 31.3 Å². The Morgan fingerprint density at radius 2 is 2.24 bits per heavy atom. The van der Waals surface area contributed by atoms with E-state index in [2.05, 4.69) is 10.3 Å². The lowest BCUT2D eigenvalue weighted by Gasteiger charge is -2.13. The van der Waals surface area contributed by atoms with Gasteiger partial charge in [0.05, 0.1) is 5.52 Å². The minimum absolute atomic E-state index is 0.273. The molecule has 1 aromatic carbocycles. The molecular formula is C13H16N2O2. The Labute approximate surface area is 100 Å². The zero-order valence-corrected chi connectivity index (χ0v) is 9.76. The van der Waals surface area contributed by atoms with Crippen molar-refractivity contribution < 1.29 is 9.84 Å². The van der Waals surface area contributed by atoms with Crippen LogP contribution in [-0.2, 0) is 0 Å². The van der Waals surface area contributed by atoms with Gasteiger partial charge in [-0.2, -0.15) is 0 Å². The van der Waals surface area contributed by atoms with Crippen molar-refractivity contribution >= 4 is 10.9 Å². The highest BCUT2D eigenvalue weighted by Crippen LogP contribution is 2.23. The molecule has 0 amide bonds. The van der Waals surface area contributed by atoms with Gasteiger partial charge in [-0.15, -0.1) is 0 Å². The highest BCUT2D eigenvalue weighted by atomic mass is 16.5. The van der Waals surface area contributed by atoms with E-state index < -0.39 is 6.10 Å². The fourth-order valence-corrected chi connectivity index (χ4v) is 1.68. The van der Waals surface area contributed by atoms with Crippen LogP contribution in [0.3, 0.4) is 0 Å². The van der Waals surface area contributed by atoms with Gasteiger partial charge in [-0.3, -0.25) is 4.98 Å². The fourth-order valence-electron chi connectivity index (χ4n) is 1.68. The summed E-state index contributed by atoms with van der Waals surface area (Å²) in [6.07, 6.45) is 1.24. The lowest BCUT2D eigenvalue weighted by Crippen LogP contribution is -2.29. The summed E-state index contributed by atoms with van der Waals surface area (Å²) < 4.78 is 5.60. The third kappa shape index (κ3) is 2.93. The second-order valence-electron chi connectivity index (χ2n) is 3.85. The largest absolute Gasteiger partial charge is 0.490 e. The van der Waals surface area contributed by atoms with Crippen LogP contribution in [0.15, 0.2) is 36.5 Å². The lowest BCUT2D eigenvalue weighted by molar-refractivity contribution is 0.109. The zero-order chi connectivity index (χ0) is 12.1. The summed E-state index contributed by atoms with van der Waals surface area (Å²) >= 11 is 0. The Kier molecular flexibility index (Phi) is 3.90. The van der Waals surface area contributed by atoms with E-state index in [4.69, 9.17) is 4.74 Å². The molecule has 1 unspecified atom stereocenters. The average Bonchev–Trinajstić information content (AvgIpc) is 2.36. The maximum absolute atomic E-state index is 9.58. The summed E-state index contributed by atoms with van der Waals surface area (Å²) in [6, 6.07) is 9.55. The molecule has 0 spiro atoms. The number of aromatic nitrogens is 1. The molecule has 0 fully saturated rings. The Balaban J connectivity index is 2.13. The Morgan fingerprint density at radius 1 is 1.35 bits per heavy atom. The van der Waals surface area contributed by atoms with E-state index in [1.165, 1.54) is 0 Å². The minimum Gasteiger partial charge on any atom is -0.490 e. The van der Waals surface area contributed by atoms with E-state index >= 15 is 0 Å². The van der Waals surface area contributed by atoms with Crippen molar-refractivity contribution in [2.45, 2.75) is 6.10 Å². The van der Waals surface area contributed by atoms with E-state index in [-0.39, 0.29) is 6.61 Å². The van der Waals surface area contributed by atoms with Crippen molar-refractivity contribution in [1.82, 2.24) is 10.3 Å². The highest BCUT2D eigenvalue weighted by molar-refractivity contribution is 5.84. The number of hydrogen-bond donors (Lipinski definition) is 2. The molecular weight excluding hydrogens is 216 g/mol. The molecule has 2 N–H and O–H groups in total. The molecule has 17 heavy (non-hydrogen) atoms. The van der Waals surface area contributed by atoms with Gasteiger partial charge >= 0.3 is 0 Å². The van der Waals surface area contributed by atoms with Crippen molar-refractivity contribution in [3.8, 4) is 5.75 Å². The van der Waals surface area contributed by atoms with Crippen LogP contribution in [-0.4, -0.2) is 36.4 Å². The zero-order valence-electron chi connectivity index (χ0n) is 9.76. The molecule has 4 nitrogen and oxygen atoms in total. The molecule has 1 heterocycles. The van der Waals surface area contributed by atoms with Gasteiger partial charge < -0.3 is 15.2 Å². The first-order chi connectivity index (χ1) is 8.31. The first kappa shape index (κ1) is 11.8. The average molecular weight is 232 g/mol. The molecule has 1 aromatic heterocycles. The van der Waals surface area contributed by atoms with Crippen molar-refractivity contribution in [2.24, 2.45) is 0 Å². The third-order valence-electron chi connectivity index (χ3n) is 2.48. The summed E-state index contributed by atoms with van der Waals surface area (Å²) in [5.41, 5.74) is 0.896. The number of ether oxygens (including phenoxy) is 1. The maximum Gasteiger partial charge on any atom is 0.128 e. The number of likely N-dealkylation sites (N-methyl/N-ethyl adjacent to an activating group) is 1. The van der Waals surface area contributed by atoms with Crippen LogP contribution in [0.2, 0.25) is 0 Å². The van der Waals surface area contributed by atoms with Crippen molar-refractivity contribution in [3.05, 3.63) is 36.5 Å². The molecule has 0 saturated heterocycles. The van der Waals surface area contributed by atoms with Crippen molar-refractivity contribution in [1.29, 1.82) is 0 Å². The van der Waals surface area contributed by atoms with E-state index in [0.717, 1.165) is 16.7 Å². The topological polar surface area (TPSA) is 54.4 Å². The summed E-state index contributed by atoms with van der Waals surface area (Å²) in [4.78, 5) is 4.25. The number of aliphatic hydroxyl groups is 1. The Hall–Kier alpha value is -1.65. The van der Waals surface area contributed by atoms with Gasteiger partial charge in [0.1, 0.15) is 18.5 Å². The van der Waals surface area contributed by atoms with E-state index in [0.29, 0.717) is 6.54 Å². The molecule has 1 atom stereocenters. The number of hydrogen-bond acceptors (Lipinski definition) is 4. The van der Waals surface area contributed by atoms with Crippen molar-refractivity contribution in [2.75, 3.05) is 20.2 Å². The van der Waals surface area contributed by atoms with Gasteiger partial charge in [0, 0.05) is 18.1 Å². The van der Waals surface area contributed by atoms with E-state index in [1.54, 1.807) is 13.2 Å². The molecule has 2 aromatic rings. The monoisotopic (exact) mass is 232 g/mol. The first-order valence-corrected chi connectivity index (χ1v) is 5.60. The van der Waals surface area contributed by atoms with Gasteiger partial charge in [-0.25, -0.2) is 0 Å². The number of nitrogens with one attached hydrogen (secondary N) is 1. The Bertz CT molecular complexity index is 482. The fraction of sp³-hybridized carbons (Fsp3) is 0.308. The smallest absolute Gasteiger partial charge is 0.128 e. The summed E-state index contributed by atoms with van der Waals surface area (Å²) in [7, 11) is 1.80. The molecule has 0 radical (unpaired) electrons. The minimum atomic E-state index is -0.507. The standard InChI is InChI=1S/C13H16N2O2/c1-14-8-10(16)9-17-13-6-2-5-12-11(13)4-3-7-15-12/h2-7,10,14,16H,8-9H2,1H3. The number of benzene rings is 1. The molecule has 4 heteroatoms. The van der Waals surface area contributed by atoms with Gasteiger partial charge in [0.25, 0.3) is 0 Å². The van der Waals surface area contributed by atoms with Gasteiger partial charge in [0.2, 0.25) is 0 Å². The summed E-state index contributed by atoms with van der Waals surface area (Å²) in [5.74, 6) is 0.755. The van der Waals surface area contributed by atoms with Crippen LogP contribution in [0, 0.1) is 0 Å². The Morgan fingerprint density at radius 3 is 3.06 bits per heavy atom. The number of pyridine rings is 1. The number of fused-ring (bicyclic) bond motifs is 1. The van der Waals surface area contributed by atoms with Crippen LogP contribution in [0.25, 0.3) is 10.9 Å². The normalized spacial score (nSPS) is 12.6. The maximum atomic E-state index is 9.58. The van der Waals surface area contributed by atoms with E-state index in [9.17, 15) is 5.11 Å². The highest BCUT2D eigenvalue weighted by Gasteiger charge is 2.06. The molecule has 0 saturated carbocycles. The van der Waals surface area contributed by atoms with Crippen LogP contribution in [0.4, 0.5) is 0 Å². The summed E-state index contributed by atoms with van der Waals surface area (Å²) in [5, 5.41) is 13.4. The summed E-state index contributed by atoms with van der Waals surface area (Å²) in [6.45, 7) is 0.790. The molecule has 0 aliphatic rings. The second-order valence-corrected chi connectivity index (χ2v) is 3.85. The van der Waals surface area contributed by atoms with Gasteiger partial charge in [-0.1, -0.05) is 6.07 Å². The molecule has 2 rings (SSSR count). The van der Waals surface area contributed by atoms with Crippen molar-refractivity contribution in [3.63, 3.8) is 0 Å². The molecule has 0 aliphatic heterocycles. The third-order valence-corrected chi connectivity index (χ3v) is 2.48. The van der Waals surface area contributed by atoms with Crippen LogP contribution < -0.4 is 10.1 Å². The molecule has 90 valence electrons. The van der Waals surface area contributed by atoms with Crippen LogP contribution in [0.5, 0.6) is 5.75 Å². The number of aliphatic hydroxyl groups excluding tert-OH is 1. The second kappa shape index (κ2) is 5.61. The SMILES string of the molecule is CNCC(O)COc1cccc2ncccc12. The van der Waals surface area contributed by atoms with Gasteiger partial charge in [0.15, 0.2) is 0 Å². The van der Waals surface area contributed by atoms with Crippen LogP contribution >= 0.6 is 0 Å². The number of nitrogens with zero attached hydrogens (tertiary/aromatic N) is 1. The predicted molar refractivity (Wildman–Crippen MR) is 67.2 cm³/mol. The number of rotatable bonds is 5. The molecule has 0 bridgehead atoms. The lowest BCUT2D eigenvalue weighted by atomic mass is 10.2. The molecule has 0 aliphatic carbocycles. The van der Waals surface area contributed by atoms with Crippen LogP contribution in [0.1, 0.15) is 0 Å².